The molecule has 0 aliphatic carbocycles. The molecule has 0 radical (unpaired) electrons. The van der Waals surface area contributed by atoms with Gasteiger partial charge in [0.15, 0.2) is 0 Å². The third kappa shape index (κ3) is 3.43. The van der Waals surface area contributed by atoms with E-state index in [-0.39, 0.29) is 55.5 Å². The first-order valence-electron chi connectivity index (χ1n) is 9.54. The Hall–Kier alpha value is -2.60. The van der Waals surface area contributed by atoms with Crippen LogP contribution in [0.15, 0.2) is 40.0 Å². The van der Waals surface area contributed by atoms with Crippen molar-refractivity contribution in [2.75, 3.05) is 19.7 Å². The fraction of sp³-hybridized carbons (Fsp3) is 0.421. The van der Waals surface area contributed by atoms with E-state index in [2.05, 4.69) is 4.98 Å². The molecule has 30 heavy (non-hydrogen) atoms. The second kappa shape index (κ2) is 7.58. The molecule has 0 unspecified atom stereocenters. The third-order valence-electron chi connectivity index (χ3n) is 5.63. The zero-order chi connectivity index (χ0) is 21.5. The van der Waals surface area contributed by atoms with E-state index in [1.807, 2.05) is 6.92 Å². The van der Waals surface area contributed by atoms with Crippen molar-refractivity contribution in [3.05, 3.63) is 57.8 Å². The van der Waals surface area contributed by atoms with Crippen molar-refractivity contribution < 1.29 is 23.2 Å². The lowest BCUT2D eigenvalue weighted by molar-refractivity contribution is -0.109. The molecule has 2 aliphatic heterocycles. The van der Waals surface area contributed by atoms with E-state index in [9.17, 15) is 18.0 Å². The molecule has 1 fully saturated rings. The number of amides is 1. The van der Waals surface area contributed by atoms with Gasteiger partial charge in [0.05, 0.1) is 18.0 Å². The van der Waals surface area contributed by atoms with Crippen LogP contribution in [0.1, 0.15) is 34.7 Å². The summed E-state index contributed by atoms with van der Waals surface area (Å²) in [6, 6.07) is 7.74. The van der Waals surface area contributed by atoms with E-state index in [0.717, 1.165) is 11.6 Å². The smallest absolute Gasteiger partial charge is 0.293 e. The standard InChI is InChI=1S/C19H22N4O6S/c1-13-2-4-14(5-3-13)30(27,28)22-8-6-19(7-9-22)18-20-15(17(25)21-26)12-16(24)23(18)10-11-29-19/h2-5,12,26H,6-11H2,1H3,(H,21,25). The molecule has 2 N–H and O–H groups in total. The van der Waals surface area contributed by atoms with Gasteiger partial charge in [-0.3, -0.25) is 19.4 Å². The monoisotopic (exact) mass is 434 g/mol. The Bertz CT molecular complexity index is 1130. The summed E-state index contributed by atoms with van der Waals surface area (Å²) in [6.45, 7) is 2.82. The van der Waals surface area contributed by atoms with Crippen LogP contribution < -0.4 is 11.0 Å². The molecule has 0 bridgehead atoms. The number of ether oxygens (including phenoxy) is 1. The Morgan fingerprint density at radius 3 is 2.50 bits per heavy atom. The zero-order valence-electron chi connectivity index (χ0n) is 16.4. The number of hydroxylamine groups is 1. The highest BCUT2D eigenvalue weighted by Crippen LogP contribution is 2.38. The van der Waals surface area contributed by atoms with Gasteiger partial charge in [0.25, 0.3) is 11.5 Å². The highest BCUT2D eigenvalue weighted by atomic mass is 32.2. The quantitative estimate of drug-likeness (QED) is 0.527. The summed E-state index contributed by atoms with van der Waals surface area (Å²) >= 11 is 0. The first-order chi connectivity index (χ1) is 14.3. The summed E-state index contributed by atoms with van der Waals surface area (Å²) in [7, 11) is -3.65. The number of nitrogens with zero attached hydrogens (tertiary/aromatic N) is 3. The first kappa shape index (κ1) is 20.7. The van der Waals surface area contributed by atoms with Crippen molar-refractivity contribution in [2.45, 2.75) is 36.8 Å². The van der Waals surface area contributed by atoms with Gasteiger partial charge in [-0.1, -0.05) is 17.7 Å². The molecule has 0 atom stereocenters. The second-order valence-corrected chi connectivity index (χ2v) is 9.39. The van der Waals surface area contributed by atoms with Gasteiger partial charge in [-0.05, 0) is 31.9 Å². The lowest BCUT2D eigenvalue weighted by atomic mass is 9.89. The SMILES string of the molecule is Cc1ccc(S(=O)(=O)N2CCC3(CC2)OCCn2c3nc(C(=O)NO)cc2=O)cc1. The molecule has 4 rings (SSSR count). The van der Waals surface area contributed by atoms with Gasteiger partial charge in [-0.2, -0.15) is 4.31 Å². The number of piperidine rings is 1. The molecule has 2 aliphatic rings. The molecule has 10 nitrogen and oxygen atoms in total. The van der Waals surface area contributed by atoms with Crippen LogP contribution in [0, 0.1) is 6.92 Å². The normalized spacial score (nSPS) is 18.7. The summed E-state index contributed by atoms with van der Waals surface area (Å²) < 4.78 is 34.8. The van der Waals surface area contributed by atoms with Crippen molar-refractivity contribution in [3.63, 3.8) is 0 Å². The lowest BCUT2D eigenvalue weighted by Crippen LogP contribution is -2.52. The summed E-state index contributed by atoms with van der Waals surface area (Å²) in [5.74, 6) is -0.608. The van der Waals surface area contributed by atoms with Gasteiger partial charge in [0.2, 0.25) is 10.0 Å². The molecule has 160 valence electrons. The number of nitrogens with one attached hydrogen (secondary N) is 1. The predicted octanol–water partition coefficient (Wildman–Crippen LogP) is 0.381. The number of fused-ring (bicyclic) bond motifs is 2. The van der Waals surface area contributed by atoms with Crippen LogP contribution >= 0.6 is 0 Å². The van der Waals surface area contributed by atoms with Crippen LogP contribution in [-0.2, 0) is 26.9 Å². The number of hydrogen-bond acceptors (Lipinski definition) is 7. The maximum atomic E-state index is 13.0. The third-order valence-corrected chi connectivity index (χ3v) is 7.54. The molecule has 11 heteroatoms. The Morgan fingerprint density at radius 1 is 1.20 bits per heavy atom. The number of sulfonamides is 1. The molecule has 1 amide bonds. The fourth-order valence-corrected chi connectivity index (χ4v) is 5.40. The highest BCUT2D eigenvalue weighted by Gasteiger charge is 2.45. The van der Waals surface area contributed by atoms with E-state index in [0.29, 0.717) is 0 Å². The number of aryl methyl sites for hydroxylation is 1. The van der Waals surface area contributed by atoms with Crippen molar-refractivity contribution in [2.24, 2.45) is 0 Å². The van der Waals surface area contributed by atoms with Crippen LogP contribution in [0.25, 0.3) is 0 Å². The van der Waals surface area contributed by atoms with E-state index in [1.165, 1.54) is 14.4 Å². The maximum absolute atomic E-state index is 13.0. The predicted molar refractivity (Wildman–Crippen MR) is 105 cm³/mol. The average Bonchev–Trinajstić information content (AvgIpc) is 2.74. The largest absolute Gasteiger partial charge is 0.365 e. The molecule has 2 aromatic rings. The van der Waals surface area contributed by atoms with Gasteiger partial charge in [0.1, 0.15) is 17.1 Å². The van der Waals surface area contributed by atoms with Crippen LogP contribution in [0.2, 0.25) is 0 Å². The Kier molecular flexibility index (Phi) is 5.22. The van der Waals surface area contributed by atoms with Gasteiger partial charge in [-0.15, -0.1) is 0 Å². The minimum atomic E-state index is -3.65. The zero-order valence-corrected chi connectivity index (χ0v) is 17.2. The Balaban J connectivity index is 1.64. The fourth-order valence-electron chi connectivity index (χ4n) is 3.96. The molecular weight excluding hydrogens is 412 g/mol. The molecule has 1 saturated heterocycles. The number of benzene rings is 1. The number of aromatic nitrogens is 2. The first-order valence-corrected chi connectivity index (χ1v) is 11.0. The Labute approximate surface area is 173 Å². The van der Waals surface area contributed by atoms with E-state index in [4.69, 9.17) is 9.94 Å². The van der Waals surface area contributed by atoms with Crippen LogP contribution in [0.5, 0.6) is 0 Å². The summed E-state index contributed by atoms with van der Waals surface area (Å²) in [4.78, 5) is 28.8. The molecule has 1 aromatic carbocycles. The van der Waals surface area contributed by atoms with Crippen LogP contribution in [0.3, 0.4) is 0 Å². The van der Waals surface area contributed by atoms with E-state index in [1.54, 1.807) is 24.3 Å². The van der Waals surface area contributed by atoms with Crippen molar-refractivity contribution in [1.29, 1.82) is 0 Å². The minimum Gasteiger partial charge on any atom is -0.365 e. The van der Waals surface area contributed by atoms with Gasteiger partial charge < -0.3 is 4.74 Å². The molecule has 1 aromatic heterocycles. The van der Waals surface area contributed by atoms with Crippen molar-refractivity contribution in [3.8, 4) is 0 Å². The number of carbonyl (C=O) groups excluding carboxylic acids is 1. The molecular formula is C19H22N4O6S. The topological polar surface area (TPSA) is 131 Å². The van der Waals surface area contributed by atoms with Gasteiger partial charge in [-0.25, -0.2) is 18.9 Å². The van der Waals surface area contributed by atoms with E-state index >= 15 is 0 Å². The summed E-state index contributed by atoms with van der Waals surface area (Å²) in [6.07, 6.45) is 0.573. The van der Waals surface area contributed by atoms with Crippen molar-refractivity contribution >= 4 is 15.9 Å². The minimum absolute atomic E-state index is 0.183. The lowest BCUT2D eigenvalue weighted by Gasteiger charge is -2.43. The summed E-state index contributed by atoms with van der Waals surface area (Å²) in [5, 5.41) is 8.88. The second-order valence-electron chi connectivity index (χ2n) is 7.46. The molecule has 1 spiro atoms. The Morgan fingerprint density at radius 2 is 1.87 bits per heavy atom. The molecule has 0 saturated carbocycles. The van der Waals surface area contributed by atoms with Gasteiger partial charge in [0, 0.05) is 19.2 Å². The number of carbonyl (C=O) groups is 1. The van der Waals surface area contributed by atoms with Crippen LogP contribution in [-0.4, -0.2) is 53.1 Å². The average molecular weight is 434 g/mol. The maximum Gasteiger partial charge on any atom is 0.293 e. The number of rotatable bonds is 3. The van der Waals surface area contributed by atoms with Crippen molar-refractivity contribution in [1.82, 2.24) is 19.3 Å². The molecule has 3 heterocycles. The summed E-state index contributed by atoms with van der Waals surface area (Å²) in [5.41, 5.74) is 0.843. The highest BCUT2D eigenvalue weighted by molar-refractivity contribution is 7.89. The van der Waals surface area contributed by atoms with E-state index < -0.39 is 27.1 Å². The van der Waals surface area contributed by atoms with Gasteiger partial charge >= 0.3 is 0 Å². The number of hydrogen-bond donors (Lipinski definition) is 2. The van der Waals surface area contributed by atoms with Crippen LogP contribution in [0.4, 0.5) is 0 Å².